The lowest BCUT2D eigenvalue weighted by Crippen LogP contribution is -2.54. The van der Waals surface area contributed by atoms with Crippen molar-refractivity contribution in [1.29, 1.82) is 0 Å². The van der Waals surface area contributed by atoms with Crippen LogP contribution in [0, 0.1) is 11.8 Å². The lowest BCUT2D eigenvalue weighted by Gasteiger charge is -2.45. The summed E-state index contributed by atoms with van der Waals surface area (Å²) in [6, 6.07) is 9.42. The van der Waals surface area contributed by atoms with Gasteiger partial charge in [-0.05, 0) is 16.7 Å². The van der Waals surface area contributed by atoms with Crippen LogP contribution in [0.1, 0.15) is 5.56 Å². The second kappa shape index (κ2) is 5.43. The predicted molar refractivity (Wildman–Crippen MR) is 96.0 cm³/mol. The summed E-state index contributed by atoms with van der Waals surface area (Å²) < 4.78 is 0. The first-order valence-corrected chi connectivity index (χ1v) is 8.10. The van der Waals surface area contributed by atoms with Crippen LogP contribution in [0.25, 0.3) is 5.57 Å². The third-order valence-corrected chi connectivity index (χ3v) is 4.97. The second-order valence-electron chi connectivity index (χ2n) is 6.30. The average Bonchev–Trinajstić information content (AvgIpc) is 3.32. The molecule has 0 bridgehead atoms. The summed E-state index contributed by atoms with van der Waals surface area (Å²) in [6.45, 7) is 4.06. The maximum atomic E-state index is 13.0. The molecule has 4 rings (SSSR count). The summed E-state index contributed by atoms with van der Waals surface area (Å²) in [6.07, 6.45) is 15.8. The number of benzene rings is 1. The minimum Gasteiger partial charge on any atom is -0.373 e. The third kappa shape index (κ3) is 1.97. The molecule has 0 aliphatic heterocycles. The Hall–Kier alpha value is -2.71. The minimum absolute atomic E-state index is 0.0567. The van der Waals surface area contributed by atoms with Crippen molar-refractivity contribution in [2.45, 2.75) is 5.60 Å². The van der Waals surface area contributed by atoms with Gasteiger partial charge >= 0.3 is 0 Å². The van der Waals surface area contributed by atoms with E-state index in [4.69, 9.17) is 0 Å². The minimum atomic E-state index is -1.62. The quantitative estimate of drug-likeness (QED) is 0.918. The number of Topliss-reactive ketones (excluding diaryl/α,β-unsaturated/α-hetero) is 1. The first-order chi connectivity index (χ1) is 11.6. The number of aliphatic hydroxyl groups is 1. The molecule has 1 N–H and O–H groups in total. The maximum Gasteiger partial charge on any atom is 0.200 e. The van der Waals surface area contributed by atoms with E-state index >= 15 is 0 Å². The number of ketones is 1. The molecule has 0 heterocycles. The van der Waals surface area contributed by atoms with E-state index in [1.807, 2.05) is 78.9 Å². The molecule has 0 aromatic heterocycles. The molecule has 1 aromatic carbocycles. The summed E-state index contributed by atoms with van der Waals surface area (Å²) in [7, 11) is 0. The Bertz CT molecular complexity index is 840. The van der Waals surface area contributed by atoms with E-state index < -0.39 is 5.60 Å². The van der Waals surface area contributed by atoms with Crippen LogP contribution in [-0.2, 0) is 4.79 Å². The van der Waals surface area contributed by atoms with Crippen molar-refractivity contribution >= 4 is 11.4 Å². The van der Waals surface area contributed by atoms with Gasteiger partial charge in [-0.15, -0.1) is 0 Å². The average molecular weight is 314 g/mol. The Morgan fingerprint density at radius 2 is 1.46 bits per heavy atom. The maximum absolute atomic E-state index is 13.0. The van der Waals surface area contributed by atoms with E-state index in [1.165, 1.54) is 0 Å². The molecule has 2 heteroatoms. The fraction of sp³-hybridized carbons (Fsp3) is 0.136. The van der Waals surface area contributed by atoms with E-state index in [9.17, 15) is 9.90 Å². The molecule has 118 valence electrons. The molecule has 2 nitrogen and oxygen atoms in total. The molecule has 0 saturated carbocycles. The van der Waals surface area contributed by atoms with Crippen LogP contribution in [-0.4, -0.2) is 16.5 Å². The van der Waals surface area contributed by atoms with E-state index in [0.717, 1.165) is 11.1 Å². The van der Waals surface area contributed by atoms with Gasteiger partial charge in [-0.25, -0.2) is 0 Å². The third-order valence-electron chi connectivity index (χ3n) is 4.97. The molecule has 0 amide bonds. The van der Waals surface area contributed by atoms with Crippen molar-refractivity contribution < 1.29 is 9.90 Å². The van der Waals surface area contributed by atoms with Crippen molar-refractivity contribution in [3.8, 4) is 0 Å². The number of rotatable bonds is 4. The van der Waals surface area contributed by atoms with Crippen molar-refractivity contribution in [2.24, 2.45) is 11.8 Å². The van der Waals surface area contributed by atoms with E-state index in [-0.39, 0.29) is 17.6 Å². The van der Waals surface area contributed by atoms with Crippen molar-refractivity contribution in [1.82, 2.24) is 0 Å². The van der Waals surface area contributed by atoms with Gasteiger partial charge in [0.05, 0.1) is 0 Å². The van der Waals surface area contributed by atoms with Crippen LogP contribution in [0.4, 0.5) is 0 Å². The van der Waals surface area contributed by atoms with Crippen molar-refractivity contribution in [3.63, 3.8) is 0 Å². The fourth-order valence-electron chi connectivity index (χ4n) is 3.72. The molecule has 1 unspecified atom stereocenters. The highest BCUT2D eigenvalue weighted by Crippen LogP contribution is 2.51. The zero-order valence-corrected chi connectivity index (χ0v) is 13.2. The summed E-state index contributed by atoms with van der Waals surface area (Å²) in [5.41, 5.74) is 1.07. The molecule has 0 radical (unpaired) electrons. The van der Waals surface area contributed by atoms with Gasteiger partial charge in [-0.1, -0.05) is 85.5 Å². The number of hydrogen-bond donors (Lipinski definition) is 1. The highest BCUT2D eigenvalue weighted by molar-refractivity contribution is 6.21. The molecule has 1 atom stereocenters. The van der Waals surface area contributed by atoms with Crippen molar-refractivity contribution in [3.05, 3.63) is 102 Å². The van der Waals surface area contributed by atoms with Crippen LogP contribution in [0.5, 0.6) is 0 Å². The zero-order chi connectivity index (χ0) is 16.7. The number of hydrogen-bond acceptors (Lipinski definition) is 2. The van der Waals surface area contributed by atoms with Gasteiger partial charge in [0, 0.05) is 17.4 Å². The Labute approximate surface area is 141 Å². The molecule has 1 aromatic rings. The molecule has 24 heavy (non-hydrogen) atoms. The van der Waals surface area contributed by atoms with Crippen LogP contribution >= 0.6 is 0 Å². The second-order valence-corrected chi connectivity index (χ2v) is 6.30. The van der Waals surface area contributed by atoms with Crippen LogP contribution in [0.3, 0.4) is 0 Å². The highest BCUT2D eigenvalue weighted by Gasteiger charge is 2.57. The Morgan fingerprint density at radius 3 is 2.04 bits per heavy atom. The first-order valence-electron chi connectivity index (χ1n) is 8.10. The Kier molecular flexibility index (Phi) is 3.36. The predicted octanol–water partition coefficient (Wildman–Crippen LogP) is 3.79. The topological polar surface area (TPSA) is 37.3 Å². The van der Waals surface area contributed by atoms with Crippen molar-refractivity contribution in [2.75, 3.05) is 0 Å². The Balaban J connectivity index is 1.83. The summed E-state index contributed by atoms with van der Waals surface area (Å²) in [5, 5.41) is 11.3. The Morgan fingerprint density at radius 1 is 0.917 bits per heavy atom. The van der Waals surface area contributed by atoms with Gasteiger partial charge in [0.25, 0.3) is 0 Å². The summed E-state index contributed by atoms with van der Waals surface area (Å²) in [4.78, 5) is 13.0. The first kappa shape index (κ1) is 14.9. The highest BCUT2D eigenvalue weighted by atomic mass is 16.3. The number of carbonyl (C=O) groups excluding carboxylic acids is 1. The fourth-order valence-corrected chi connectivity index (χ4v) is 3.72. The van der Waals surface area contributed by atoms with Crippen LogP contribution in [0.15, 0.2) is 96.7 Å². The van der Waals surface area contributed by atoms with E-state index in [0.29, 0.717) is 11.1 Å². The van der Waals surface area contributed by atoms with E-state index in [1.54, 1.807) is 0 Å². The molecule has 0 spiro atoms. The molecule has 0 fully saturated rings. The standard InChI is InChI=1S/C22H18O2/c1-15(16-9-3-2-4-10-16)22(24)20(18-13-7-8-14-18)19(21(22)23)17-11-5-6-12-17/h2-14,17-18,24H,1H2. The monoisotopic (exact) mass is 314 g/mol. The van der Waals surface area contributed by atoms with Crippen LogP contribution < -0.4 is 0 Å². The molecular formula is C22H18O2. The normalized spacial score (nSPS) is 25.8. The largest absolute Gasteiger partial charge is 0.373 e. The molecular weight excluding hydrogens is 296 g/mol. The molecule has 3 aliphatic rings. The number of carbonyl (C=O) groups is 1. The number of allylic oxidation sites excluding steroid dienone is 8. The van der Waals surface area contributed by atoms with E-state index in [2.05, 4.69) is 6.58 Å². The van der Waals surface area contributed by atoms with Gasteiger partial charge in [0.2, 0.25) is 0 Å². The lowest BCUT2D eigenvalue weighted by atomic mass is 9.60. The van der Waals surface area contributed by atoms with Crippen LogP contribution in [0.2, 0.25) is 0 Å². The zero-order valence-electron chi connectivity index (χ0n) is 13.2. The van der Waals surface area contributed by atoms with Gasteiger partial charge in [0.1, 0.15) is 0 Å². The summed E-state index contributed by atoms with van der Waals surface area (Å²) >= 11 is 0. The smallest absolute Gasteiger partial charge is 0.200 e. The van der Waals surface area contributed by atoms with Gasteiger partial charge < -0.3 is 5.11 Å². The van der Waals surface area contributed by atoms with Gasteiger partial charge in [-0.3, -0.25) is 4.79 Å². The summed E-state index contributed by atoms with van der Waals surface area (Å²) in [5.74, 6) is -0.356. The lowest BCUT2D eigenvalue weighted by molar-refractivity contribution is -0.130. The molecule has 3 aliphatic carbocycles. The van der Waals surface area contributed by atoms with Gasteiger partial charge in [-0.2, -0.15) is 0 Å². The molecule has 0 saturated heterocycles. The SMILES string of the molecule is C=C(c1ccccc1)C1(O)C(=O)C(C2C=CC=C2)=C1C1C=CC=C1. The van der Waals surface area contributed by atoms with Gasteiger partial charge in [0.15, 0.2) is 11.4 Å².